The van der Waals surface area contributed by atoms with Crippen molar-refractivity contribution < 1.29 is 9.59 Å². The number of hydrogen-bond acceptors (Lipinski definition) is 3. The first-order chi connectivity index (χ1) is 14.7. The summed E-state index contributed by atoms with van der Waals surface area (Å²) in [5.41, 5.74) is 2.73. The summed E-state index contributed by atoms with van der Waals surface area (Å²) in [7, 11) is 0. The van der Waals surface area contributed by atoms with Crippen LogP contribution in [0.2, 0.25) is 0 Å². The lowest BCUT2D eigenvalue weighted by molar-refractivity contribution is -0.137. The number of amides is 2. The number of likely N-dealkylation sites (tertiary alicyclic amines) is 2. The molecule has 5 nitrogen and oxygen atoms in total. The number of nitriles is 1. The highest BCUT2D eigenvalue weighted by atomic mass is 16.2. The fourth-order valence-corrected chi connectivity index (χ4v) is 4.59. The number of nitrogens with zero attached hydrogens (tertiary/aromatic N) is 3. The molecule has 0 saturated carbocycles. The minimum atomic E-state index is -0.0257. The van der Waals surface area contributed by atoms with E-state index >= 15 is 0 Å². The van der Waals surface area contributed by atoms with Crippen molar-refractivity contribution in [2.24, 2.45) is 5.92 Å². The summed E-state index contributed by atoms with van der Waals surface area (Å²) in [5, 5.41) is 9.47. The maximum Gasteiger partial charge on any atom is 0.254 e. The molecule has 2 aromatic carbocycles. The van der Waals surface area contributed by atoms with Gasteiger partial charge in [0.25, 0.3) is 5.91 Å². The van der Waals surface area contributed by atoms with Gasteiger partial charge in [0.1, 0.15) is 0 Å². The van der Waals surface area contributed by atoms with Crippen LogP contribution in [0.4, 0.5) is 0 Å². The van der Waals surface area contributed by atoms with E-state index in [9.17, 15) is 14.9 Å². The number of rotatable bonds is 3. The zero-order valence-electron chi connectivity index (χ0n) is 17.2. The largest absolute Gasteiger partial charge is 0.342 e. The van der Waals surface area contributed by atoms with E-state index in [4.69, 9.17) is 0 Å². The van der Waals surface area contributed by atoms with Crippen LogP contribution in [0.15, 0.2) is 48.5 Å². The third kappa shape index (κ3) is 4.09. The molecule has 5 heteroatoms. The smallest absolute Gasteiger partial charge is 0.254 e. The van der Waals surface area contributed by atoms with Gasteiger partial charge in [0.05, 0.1) is 11.6 Å². The molecule has 0 bridgehead atoms. The average Bonchev–Trinajstić information content (AvgIpc) is 2.83. The first-order valence-corrected chi connectivity index (χ1v) is 10.9. The second-order valence-electron chi connectivity index (χ2n) is 8.16. The molecule has 4 rings (SSSR count). The summed E-state index contributed by atoms with van der Waals surface area (Å²) in [6.07, 6.45) is 4.86. The van der Waals surface area contributed by atoms with Crippen LogP contribution in [0.3, 0.4) is 0 Å². The molecule has 2 aliphatic rings. The molecule has 2 heterocycles. The van der Waals surface area contributed by atoms with E-state index < -0.39 is 0 Å². The van der Waals surface area contributed by atoms with E-state index in [-0.39, 0.29) is 17.7 Å². The molecular weight excluding hydrogens is 374 g/mol. The molecular formula is C25H27N3O2. The van der Waals surface area contributed by atoms with Gasteiger partial charge >= 0.3 is 0 Å². The summed E-state index contributed by atoms with van der Waals surface area (Å²) in [4.78, 5) is 30.0. The number of carbonyl (C=O) groups is 2. The lowest BCUT2D eigenvalue weighted by Gasteiger charge is -2.35. The Morgan fingerprint density at radius 2 is 1.43 bits per heavy atom. The molecule has 0 spiro atoms. The Kier molecular flexibility index (Phi) is 6.13. The first kappa shape index (κ1) is 20.2. The van der Waals surface area contributed by atoms with Crippen LogP contribution in [0.1, 0.15) is 48.0 Å². The summed E-state index contributed by atoms with van der Waals surface area (Å²) in [6.45, 7) is 2.95. The van der Waals surface area contributed by atoms with E-state index in [1.807, 2.05) is 52.3 Å². The van der Waals surface area contributed by atoms with Gasteiger partial charge in [0.2, 0.25) is 5.91 Å². The molecule has 2 fully saturated rings. The topological polar surface area (TPSA) is 64.4 Å². The van der Waals surface area contributed by atoms with Crippen LogP contribution < -0.4 is 0 Å². The Hall–Kier alpha value is -3.13. The van der Waals surface area contributed by atoms with Crippen molar-refractivity contribution in [1.29, 1.82) is 5.26 Å². The predicted octanol–water partition coefficient (Wildman–Crippen LogP) is 4.09. The number of benzene rings is 2. The number of hydrogen-bond donors (Lipinski definition) is 0. The number of carbonyl (C=O) groups excluding carboxylic acids is 2. The fraction of sp³-hybridized carbons (Fsp3) is 0.400. The minimum Gasteiger partial charge on any atom is -0.342 e. The Morgan fingerprint density at radius 1 is 0.800 bits per heavy atom. The van der Waals surface area contributed by atoms with Crippen LogP contribution in [-0.4, -0.2) is 47.8 Å². The van der Waals surface area contributed by atoms with Crippen molar-refractivity contribution in [3.63, 3.8) is 0 Å². The maximum atomic E-state index is 13.3. The third-order valence-electron chi connectivity index (χ3n) is 6.29. The van der Waals surface area contributed by atoms with Crippen LogP contribution >= 0.6 is 0 Å². The van der Waals surface area contributed by atoms with Crippen LogP contribution in [0.25, 0.3) is 11.1 Å². The normalized spacial score (nSPS) is 17.4. The maximum absolute atomic E-state index is 13.3. The standard InChI is InChI=1S/C25H27N3O2/c26-18-20-8-2-3-9-21(20)22-10-4-5-11-23(22)25(30)28-16-12-19(13-17-28)24(29)27-14-6-1-7-15-27/h2-5,8-11,19H,1,6-7,12-17H2. The molecule has 2 saturated heterocycles. The summed E-state index contributed by atoms with van der Waals surface area (Å²) < 4.78 is 0. The Balaban J connectivity index is 1.48. The molecule has 2 aromatic rings. The van der Waals surface area contributed by atoms with Crippen molar-refractivity contribution >= 4 is 11.8 Å². The van der Waals surface area contributed by atoms with Crippen molar-refractivity contribution in [2.45, 2.75) is 32.1 Å². The Bertz CT molecular complexity index is 964. The number of piperidine rings is 2. The zero-order chi connectivity index (χ0) is 20.9. The molecule has 30 heavy (non-hydrogen) atoms. The third-order valence-corrected chi connectivity index (χ3v) is 6.29. The van der Waals surface area contributed by atoms with Gasteiger partial charge in [-0.15, -0.1) is 0 Å². The Morgan fingerprint density at radius 3 is 2.13 bits per heavy atom. The summed E-state index contributed by atoms with van der Waals surface area (Å²) in [5.74, 6) is 0.272. The predicted molar refractivity (Wildman–Crippen MR) is 116 cm³/mol. The van der Waals surface area contributed by atoms with E-state index in [1.54, 1.807) is 6.07 Å². The van der Waals surface area contributed by atoms with Gasteiger partial charge in [-0.2, -0.15) is 5.26 Å². The minimum absolute atomic E-state index is 0.0257. The zero-order valence-corrected chi connectivity index (χ0v) is 17.2. The van der Waals surface area contributed by atoms with Crippen LogP contribution in [0.5, 0.6) is 0 Å². The SMILES string of the molecule is N#Cc1ccccc1-c1ccccc1C(=O)N1CCC(C(=O)N2CCCCC2)CC1. The molecule has 2 amide bonds. The van der Waals surface area contributed by atoms with E-state index in [0.29, 0.717) is 24.2 Å². The summed E-state index contributed by atoms with van der Waals surface area (Å²) >= 11 is 0. The second-order valence-corrected chi connectivity index (χ2v) is 8.16. The van der Waals surface area contributed by atoms with Crippen molar-refractivity contribution in [3.8, 4) is 17.2 Å². The second kappa shape index (κ2) is 9.13. The van der Waals surface area contributed by atoms with Crippen molar-refractivity contribution in [3.05, 3.63) is 59.7 Å². The van der Waals surface area contributed by atoms with Crippen LogP contribution in [0, 0.1) is 17.2 Å². The highest BCUT2D eigenvalue weighted by Crippen LogP contribution is 2.29. The van der Waals surface area contributed by atoms with E-state index in [1.165, 1.54) is 6.42 Å². The molecule has 0 aromatic heterocycles. The van der Waals surface area contributed by atoms with E-state index in [2.05, 4.69) is 6.07 Å². The monoisotopic (exact) mass is 401 g/mol. The van der Waals surface area contributed by atoms with Crippen LogP contribution in [-0.2, 0) is 4.79 Å². The highest BCUT2D eigenvalue weighted by molar-refractivity contribution is 6.01. The molecule has 2 aliphatic heterocycles. The van der Waals surface area contributed by atoms with Gasteiger partial charge in [0.15, 0.2) is 0 Å². The van der Waals surface area contributed by atoms with Gasteiger partial charge in [-0.25, -0.2) is 0 Å². The molecule has 0 aliphatic carbocycles. The average molecular weight is 402 g/mol. The quantitative estimate of drug-likeness (QED) is 0.778. The fourth-order valence-electron chi connectivity index (χ4n) is 4.59. The van der Waals surface area contributed by atoms with Gasteiger partial charge < -0.3 is 9.80 Å². The van der Waals surface area contributed by atoms with Gasteiger partial charge in [-0.05, 0) is 49.8 Å². The molecule has 0 N–H and O–H groups in total. The van der Waals surface area contributed by atoms with Gasteiger partial charge in [0, 0.05) is 43.2 Å². The first-order valence-electron chi connectivity index (χ1n) is 10.9. The lowest BCUT2D eigenvalue weighted by Crippen LogP contribution is -2.45. The lowest BCUT2D eigenvalue weighted by atomic mass is 9.92. The summed E-state index contributed by atoms with van der Waals surface area (Å²) in [6, 6.07) is 17.1. The highest BCUT2D eigenvalue weighted by Gasteiger charge is 2.31. The molecule has 0 atom stereocenters. The van der Waals surface area contributed by atoms with Crippen molar-refractivity contribution in [2.75, 3.05) is 26.2 Å². The van der Waals surface area contributed by atoms with Crippen molar-refractivity contribution in [1.82, 2.24) is 9.80 Å². The van der Waals surface area contributed by atoms with Gasteiger partial charge in [-0.1, -0.05) is 36.4 Å². The van der Waals surface area contributed by atoms with E-state index in [0.717, 1.165) is 49.9 Å². The molecule has 0 unspecified atom stereocenters. The molecule has 0 radical (unpaired) electrons. The Labute approximate surface area is 177 Å². The van der Waals surface area contributed by atoms with Gasteiger partial charge in [-0.3, -0.25) is 9.59 Å². The molecule has 154 valence electrons.